The Labute approximate surface area is 115 Å². The molecular weight excluding hydrogens is 242 g/mol. The highest BCUT2D eigenvalue weighted by Gasteiger charge is 2.30. The van der Waals surface area contributed by atoms with Crippen molar-refractivity contribution in [2.45, 2.75) is 57.0 Å². The molecule has 1 heterocycles. The van der Waals surface area contributed by atoms with E-state index in [0.29, 0.717) is 31.1 Å². The molecule has 2 unspecified atom stereocenters. The summed E-state index contributed by atoms with van der Waals surface area (Å²) in [6, 6.07) is 0.598. The Kier molecular flexibility index (Phi) is 5.45. The number of aliphatic hydroxyl groups excluding tert-OH is 1. The summed E-state index contributed by atoms with van der Waals surface area (Å²) in [6.45, 7) is 1.60. The van der Waals surface area contributed by atoms with Crippen LogP contribution in [-0.2, 0) is 0 Å². The zero-order valence-corrected chi connectivity index (χ0v) is 11.7. The maximum atomic E-state index is 11.4. The first-order valence-corrected chi connectivity index (χ1v) is 7.60. The van der Waals surface area contributed by atoms with Crippen LogP contribution in [0.4, 0.5) is 4.79 Å². The Balaban J connectivity index is 1.88. The van der Waals surface area contributed by atoms with Crippen molar-refractivity contribution in [2.75, 3.05) is 19.7 Å². The van der Waals surface area contributed by atoms with Crippen LogP contribution in [0.15, 0.2) is 0 Å². The molecule has 2 aliphatic rings. The molecule has 4 N–H and O–H groups in total. The number of primary amides is 1. The lowest BCUT2D eigenvalue weighted by atomic mass is 9.89. The van der Waals surface area contributed by atoms with Gasteiger partial charge in [-0.2, -0.15) is 0 Å². The average molecular weight is 269 g/mol. The van der Waals surface area contributed by atoms with Crippen molar-refractivity contribution in [3.63, 3.8) is 0 Å². The summed E-state index contributed by atoms with van der Waals surface area (Å²) in [5.74, 6) is 0.368. The van der Waals surface area contributed by atoms with Crippen molar-refractivity contribution in [2.24, 2.45) is 11.7 Å². The van der Waals surface area contributed by atoms with Gasteiger partial charge in [-0.25, -0.2) is 4.79 Å². The van der Waals surface area contributed by atoms with Gasteiger partial charge in [-0.3, -0.25) is 0 Å². The number of hydrogen-bond acceptors (Lipinski definition) is 3. The first-order chi connectivity index (χ1) is 9.19. The number of piperidine rings is 1. The van der Waals surface area contributed by atoms with Crippen molar-refractivity contribution in [3.05, 3.63) is 0 Å². The third-order valence-electron chi connectivity index (χ3n) is 4.46. The van der Waals surface area contributed by atoms with Gasteiger partial charge in [0.2, 0.25) is 0 Å². The van der Waals surface area contributed by atoms with Gasteiger partial charge < -0.3 is 21.1 Å². The largest absolute Gasteiger partial charge is 0.396 e. The van der Waals surface area contributed by atoms with Crippen molar-refractivity contribution in [1.82, 2.24) is 10.2 Å². The van der Waals surface area contributed by atoms with E-state index in [0.717, 1.165) is 12.8 Å². The second kappa shape index (κ2) is 7.10. The zero-order chi connectivity index (χ0) is 13.7. The molecule has 0 spiro atoms. The lowest BCUT2D eigenvalue weighted by Gasteiger charge is -2.39. The number of hydrogen-bond donors (Lipinski definition) is 3. The molecule has 0 bridgehead atoms. The summed E-state index contributed by atoms with van der Waals surface area (Å²) < 4.78 is 0. The van der Waals surface area contributed by atoms with Gasteiger partial charge in [-0.15, -0.1) is 0 Å². The van der Waals surface area contributed by atoms with Crippen LogP contribution in [0.2, 0.25) is 0 Å². The summed E-state index contributed by atoms with van der Waals surface area (Å²) in [7, 11) is 0. The Morgan fingerprint density at radius 2 is 1.95 bits per heavy atom. The summed E-state index contributed by atoms with van der Waals surface area (Å²) in [4.78, 5) is 13.1. The van der Waals surface area contributed by atoms with Crippen LogP contribution in [0.25, 0.3) is 0 Å². The highest BCUT2D eigenvalue weighted by atomic mass is 16.3. The van der Waals surface area contributed by atoms with E-state index < -0.39 is 0 Å². The second-order valence-electron chi connectivity index (χ2n) is 6.06. The fraction of sp³-hybridized carbons (Fsp3) is 0.929. The Morgan fingerprint density at radius 3 is 2.58 bits per heavy atom. The summed E-state index contributed by atoms with van der Waals surface area (Å²) in [5, 5.41) is 12.8. The van der Waals surface area contributed by atoms with Crippen LogP contribution in [0, 0.1) is 5.92 Å². The molecule has 5 heteroatoms. The van der Waals surface area contributed by atoms with Gasteiger partial charge in [-0.1, -0.05) is 19.3 Å². The average Bonchev–Trinajstić information content (AvgIpc) is 2.40. The van der Waals surface area contributed by atoms with Crippen molar-refractivity contribution >= 4 is 6.03 Å². The van der Waals surface area contributed by atoms with E-state index >= 15 is 0 Å². The summed E-state index contributed by atoms with van der Waals surface area (Å²) in [6.07, 6.45) is 8.26. The smallest absolute Gasteiger partial charge is 0.314 e. The molecule has 2 atom stereocenters. The molecule has 110 valence electrons. The molecule has 2 rings (SSSR count). The molecule has 19 heavy (non-hydrogen) atoms. The second-order valence-corrected chi connectivity index (χ2v) is 6.06. The quantitative estimate of drug-likeness (QED) is 0.714. The van der Waals surface area contributed by atoms with E-state index in [2.05, 4.69) is 5.32 Å². The molecule has 0 aromatic heterocycles. The van der Waals surface area contributed by atoms with E-state index in [9.17, 15) is 4.79 Å². The molecule has 2 amide bonds. The molecule has 0 radical (unpaired) electrons. The van der Waals surface area contributed by atoms with Gasteiger partial charge in [0.1, 0.15) is 0 Å². The molecule has 5 nitrogen and oxygen atoms in total. The summed E-state index contributed by atoms with van der Waals surface area (Å²) >= 11 is 0. The lowest BCUT2D eigenvalue weighted by Crippen LogP contribution is -2.55. The minimum absolute atomic E-state index is 0.188. The van der Waals surface area contributed by atoms with E-state index in [1.165, 1.54) is 32.1 Å². The van der Waals surface area contributed by atoms with Crippen molar-refractivity contribution in [3.8, 4) is 0 Å². The standard InChI is InChI=1S/C14H27N3O2/c15-14(19)17-9-11(6-7-18)8-13(10-17)16-12-4-2-1-3-5-12/h11-13,16,18H,1-10H2,(H2,15,19). The number of carbonyl (C=O) groups excluding carboxylic acids is 1. The molecular formula is C14H27N3O2. The predicted octanol–water partition coefficient (Wildman–Crippen LogP) is 1.06. The molecule has 0 aromatic carbocycles. The Bertz CT molecular complexity index is 292. The van der Waals surface area contributed by atoms with Gasteiger partial charge in [-0.05, 0) is 31.6 Å². The van der Waals surface area contributed by atoms with Crippen LogP contribution >= 0.6 is 0 Å². The number of nitrogens with zero attached hydrogens (tertiary/aromatic N) is 1. The number of carbonyl (C=O) groups is 1. The highest BCUT2D eigenvalue weighted by Crippen LogP contribution is 2.23. The first-order valence-electron chi connectivity index (χ1n) is 7.60. The number of nitrogens with two attached hydrogens (primary N) is 1. The van der Waals surface area contributed by atoms with Crippen LogP contribution in [-0.4, -0.2) is 47.8 Å². The molecule has 0 aromatic rings. The predicted molar refractivity (Wildman–Crippen MR) is 74.8 cm³/mol. The lowest BCUT2D eigenvalue weighted by molar-refractivity contribution is 0.128. The number of amides is 2. The van der Waals surface area contributed by atoms with E-state index in [-0.39, 0.29) is 12.6 Å². The van der Waals surface area contributed by atoms with Gasteiger partial charge >= 0.3 is 6.03 Å². The molecule has 1 saturated carbocycles. The minimum atomic E-state index is -0.335. The number of rotatable bonds is 4. The SMILES string of the molecule is NC(=O)N1CC(CCO)CC(NC2CCCCC2)C1. The van der Waals surface area contributed by atoms with Crippen LogP contribution in [0.1, 0.15) is 44.9 Å². The molecule has 1 aliphatic heterocycles. The molecule has 1 aliphatic carbocycles. The fourth-order valence-electron chi connectivity index (χ4n) is 3.50. The number of nitrogens with one attached hydrogen (secondary N) is 1. The van der Waals surface area contributed by atoms with Gasteiger partial charge in [0.05, 0.1) is 0 Å². The van der Waals surface area contributed by atoms with E-state index in [4.69, 9.17) is 10.8 Å². The van der Waals surface area contributed by atoms with Gasteiger partial charge in [0.15, 0.2) is 0 Å². The topological polar surface area (TPSA) is 78.6 Å². The molecule has 2 fully saturated rings. The molecule has 1 saturated heterocycles. The van der Waals surface area contributed by atoms with E-state index in [1.54, 1.807) is 4.90 Å². The fourth-order valence-corrected chi connectivity index (χ4v) is 3.50. The minimum Gasteiger partial charge on any atom is -0.396 e. The van der Waals surface area contributed by atoms with Crippen molar-refractivity contribution in [1.29, 1.82) is 0 Å². The third-order valence-corrected chi connectivity index (χ3v) is 4.46. The number of aliphatic hydroxyl groups is 1. The third kappa shape index (κ3) is 4.35. The van der Waals surface area contributed by atoms with Gasteiger partial charge in [0, 0.05) is 31.8 Å². The monoisotopic (exact) mass is 269 g/mol. The summed E-state index contributed by atoms with van der Waals surface area (Å²) in [5.41, 5.74) is 5.42. The number of urea groups is 1. The normalized spacial score (nSPS) is 29.4. The highest BCUT2D eigenvalue weighted by molar-refractivity contribution is 5.72. The van der Waals surface area contributed by atoms with E-state index in [1.807, 2.05) is 0 Å². The van der Waals surface area contributed by atoms with Gasteiger partial charge in [0.25, 0.3) is 0 Å². The van der Waals surface area contributed by atoms with Crippen molar-refractivity contribution < 1.29 is 9.90 Å². The Morgan fingerprint density at radius 1 is 1.21 bits per heavy atom. The maximum Gasteiger partial charge on any atom is 0.314 e. The van der Waals surface area contributed by atoms with Crippen LogP contribution in [0.5, 0.6) is 0 Å². The number of likely N-dealkylation sites (tertiary alicyclic amines) is 1. The Hall–Kier alpha value is -0.810. The van der Waals surface area contributed by atoms with Crippen LogP contribution < -0.4 is 11.1 Å². The zero-order valence-electron chi connectivity index (χ0n) is 11.7. The maximum absolute atomic E-state index is 11.4. The first kappa shape index (κ1) is 14.6. The van der Waals surface area contributed by atoms with Crippen LogP contribution in [0.3, 0.4) is 0 Å².